The number of phenols is 1. The molecule has 0 bridgehead atoms. The van der Waals surface area contributed by atoms with Gasteiger partial charge in [0.15, 0.2) is 11.6 Å². The zero-order valence-corrected chi connectivity index (χ0v) is 16.1. The van der Waals surface area contributed by atoms with E-state index in [1.807, 2.05) is 12.1 Å². The minimum Gasteiger partial charge on any atom is -0.505 e. The fraction of sp³-hybridized carbons (Fsp3) is 0.381. The van der Waals surface area contributed by atoms with Crippen molar-refractivity contribution in [1.29, 1.82) is 0 Å². The molecule has 1 fully saturated rings. The van der Waals surface area contributed by atoms with E-state index in [0.29, 0.717) is 11.4 Å². The third-order valence-electron chi connectivity index (χ3n) is 5.55. The lowest BCUT2D eigenvalue weighted by molar-refractivity contribution is -0.00833. The molecule has 2 aliphatic heterocycles. The molecular formula is C21H24FN3O4. The highest BCUT2D eigenvalue weighted by molar-refractivity contribution is 6.02. The molecular weight excluding hydrogens is 377 g/mol. The summed E-state index contributed by atoms with van der Waals surface area (Å²) in [5.41, 5.74) is 1.28. The van der Waals surface area contributed by atoms with Gasteiger partial charge in [0.2, 0.25) is 6.35 Å². The number of rotatable bonds is 4. The second kappa shape index (κ2) is 7.88. The van der Waals surface area contributed by atoms with Gasteiger partial charge < -0.3 is 25.2 Å². The van der Waals surface area contributed by atoms with Crippen LogP contribution in [0.1, 0.15) is 28.8 Å². The van der Waals surface area contributed by atoms with Crippen LogP contribution in [-0.2, 0) is 6.54 Å². The fourth-order valence-corrected chi connectivity index (χ4v) is 4.06. The lowest BCUT2D eigenvalue weighted by Crippen LogP contribution is -2.59. The molecule has 0 aromatic heterocycles. The minimum atomic E-state index is -1.24. The number of benzene rings is 2. The maximum Gasteiger partial charge on any atom is 0.259 e. The summed E-state index contributed by atoms with van der Waals surface area (Å²) in [7, 11) is 1.56. The molecule has 1 atom stereocenters. The van der Waals surface area contributed by atoms with Crippen molar-refractivity contribution < 1.29 is 24.1 Å². The maximum absolute atomic E-state index is 14.1. The van der Waals surface area contributed by atoms with Gasteiger partial charge in [-0.15, -0.1) is 0 Å². The largest absolute Gasteiger partial charge is 0.505 e. The van der Waals surface area contributed by atoms with Crippen LogP contribution in [0.3, 0.4) is 0 Å². The molecule has 8 heteroatoms. The van der Waals surface area contributed by atoms with Crippen LogP contribution in [-0.4, -0.2) is 53.6 Å². The number of nitrogens with one attached hydrogen (secondary N) is 1. The molecule has 29 heavy (non-hydrogen) atoms. The van der Waals surface area contributed by atoms with Crippen molar-refractivity contribution >= 4 is 11.6 Å². The van der Waals surface area contributed by atoms with Crippen LogP contribution in [0.15, 0.2) is 36.4 Å². The SMILES string of the molecule is COc1cccc(CN2C(=O)c3cc(O)c(F)cc3N(C3CCNCC3)C2O)c1. The van der Waals surface area contributed by atoms with Gasteiger partial charge in [0.25, 0.3) is 5.91 Å². The van der Waals surface area contributed by atoms with E-state index in [4.69, 9.17) is 4.74 Å². The average molecular weight is 401 g/mol. The molecule has 2 aromatic carbocycles. The molecule has 7 nitrogen and oxygen atoms in total. The van der Waals surface area contributed by atoms with Crippen molar-refractivity contribution in [3.05, 3.63) is 53.3 Å². The Labute approximate surface area is 168 Å². The van der Waals surface area contributed by atoms with E-state index in [0.717, 1.165) is 43.6 Å². The zero-order valence-electron chi connectivity index (χ0n) is 16.1. The number of nitrogens with zero attached hydrogens (tertiary/aromatic N) is 2. The van der Waals surface area contributed by atoms with E-state index < -0.39 is 23.8 Å². The van der Waals surface area contributed by atoms with Crippen molar-refractivity contribution in [3.8, 4) is 11.5 Å². The number of anilines is 1. The van der Waals surface area contributed by atoms with E-state index in [2.05, 4.69) is 5.32 Å². The third kappa shape index (κ3) is 3.61. The number of carbonyl (C=O) groups excluding carboxylic acids is 1. The Morgan fingerprint density at radius 3 is 2.72 bits per heavy atom. The lowest BCUT2D eigenvalue weighted by atomic mass is 9.99. The third-order valence-corrected chi connectivity index (χ3v) is 5.55. The Balaban J connectivity index is 1.74. The minimum absolute atomic E-state index is 0.0603. The van der Waals surface area contributed by atoms with Crippen LogP contribution in [0, 0.1) is 5.82 Å². The van der Waals surface area contributed by atoms with Crippen molar-refractivity contribution in [2.24, 2.45) is 0 Å². The van der Waals surface area contributed by atoms with Crippen LogP contribution < -0.4 is 15.0 Å². The molecule has 0 spiro atoms. The summed E-state index contributed by atoms with van der Waals surface area (Å²) >= 11 is 0. The van der Waals surface area contributed by atoms with Gasteiger partial charge in [-0.25, -0.2) is 4.39 Å². The smallest absolute Gasteiger partial charge is 0.259 e. The highest BCUT2D eigenvalue weighted by Crippen LogP contribution is 2.38. The molecule has 2 heterocycles. The molecule has 4 rings (SSSR count). The number of hydrogen-bond acceptors (Lipinski definition) is 6. The number of fused-ring (bicyclic) bond motifs is 1. The summed E-state index contributed by atoms with van der Waals surface area (Å²) < 4.78 is 19.4. The van der Waals surface area contributed by atoms with Gasteiger partial charge in [0, 0.05) is 12.1 Å². The number of halogens is 1. The number of phenolic OH excluding ortho intramolecular Hbond substituents is 1. The monoisotopic (exact) mass is 401 g/mol. The highest BCUT2D eigenvalue weighted by atomic mass is 19.1. The average Bonchev–Trinajstić information content (AvgIpc) is 2.74. The Morgan fingerprint density at radius 1 is 1.24 bits per heavy atom. The Hall–Kier alpha value is -2.84. The number of ether oxygens (including phenoxy) is 1. The lowest BCUT2D eigenvalue weighted by Gasteiger charge is -2.47. The first-order valence-corrected chi connectivity index (χ1v) is 9.63. The number of aliphatic hydroxyl groups excluding tert-OH is 1. The van der Waals surface area contributed by atoms with Crippen molar-refractivity contribution in [3.63, 3.8) is 0 Å². The van der Waals surface area contributed by atoms with Gasteiger partial charge in [-0.2, -0.15) is 0 Å². The Bertz CT molecular complexity index is 917. The molecule has 154 valence electrons. The first-order valence-electron chi connectivity index (χ1n) is 9.63. The molecule has 2 aliphatic rings. The second-order valence-electron chi connectivity index (χ2n) is 7.34. The zero-order chi connectivity index (χ0) is 20.5. The van der Waals surface area contributed by atoms with Gasteiger partial charge in [0.1, 0.15) is 5.75 Å². The van der Waals surface area contributed by atoms with Gasteiger partial charge in [0.05, 0.1) is 24.9 Å². The Kier molecular flexibility index (Phi) is 5.29. The van der Waals surface area contributed by atoms with E-state index in [9.17, 15) is 19.4 Å². The summed E-state index contributed by atoms with van der Waals surface area (Å²) in [6.45, 7) is 1.69. The van der Waals surface area contributed by atoms with Crippen molar-refractivity contribution in [2.45, 2.75) is 31.8 Å². The molecule has 2 aromatic rings. The molecule has 1 amide bonds. The van der Waals surface area contributed by atoms with Crippen LogP contribution in [0.2, 0.25) is 0 Å². The standard InChI is InChI=1S/C21H24FN3O4/c1-29-15-4-2-3-13(9-15)12-24-20(27)16-10-19(26)17(22)11-18(16)25(21(24)28)14-5-7-23-8-6-14/h2-4,9-11,14,21,23,26,28H,5-8,12H2,1H3. The van der Waals surface area contributed by atoms with E-state index in [1.165, 1.54) is 4.90 Å². The Morgan fingerprint density at radius 2 is 2.00 bits per heavy atom. The van der Waals surface area contributed by atoms with Gasteiger partial charge in [-0.1, -0.05) is 12.1 Å². The number of aromatic hydroxyl groups is 1. The molecule has 0 aliphatic carbocycles. The summed E-state index contributed by atoms with van der Waals surface area (Å²) in [4.78, 5) is 16.2. The molecule has 1 unspecified atom stereocenters. The van der Waals surface area contributed by atoms with Gasteiger partial charge in [-0.3, -0.25) is 9.69 Å². The van der Waals surface area contributed by atoms with Gasteiger partial charge in [-0.05, 0) is 49.7 Å². The number of aliphatic hydroxyl groups is 1. The van der Waals surface area contributed by atoms with Gasteiger partial charge >= 0.3 is 0 Å². The number of amides is 1. The molecule has 0 radical (unpaired) electrons. The van der Waals surface area contributed by atoms with Crippen molar-refractivity contribution in [1.82, 2.24) is 10.2 Å². The number of piperidine rings is 1. The predicted molar refractivity (Wildman–Crippen MR) is 105 cm³/mol. The number of hydrogen-bond donors (Lipinski definition) is 3. The number of methoxy groups -OCH3 is 1. The first-order chi connectivity index (χ1) is 14.0. The summed E-state index contributed by atoms with van der Waals surface area (Å²) in [5.74, 6) is -1.21. The van der Waals surface area contributed by atoms with Crippen LogP contribution >= 0.6 is 0 Å². The van der Waals surface area contributed by atoms with Crippen LogP contribution in [0.5, 0.6) is 11.5 Å². The summed E-state index contributed by atoms with van der Waals surface area (Å²) in [6, 6.07) is 9.48. The quantitative estimate of drug-likeness (QED) is 0.727. The predicted octanol–water partition coefficient (Wildman–Crippen LogP) is 2.03. The molecule has 3 N–H and O–H groups in total. The topological polar surface area (TPSA) is 85.3 Å². The highest BCUT2D eigenvalue weighted by Gasteiger charge is 2.41. The van der Waals surface area contributed by atoms with E-state index in [-0.39, 0.29) is 18.2 Å². The molecule has 1 saturated heterocycles. The fourth-order valence-electron chi connectivity index (χ4n) is 4.06. The number of carbonyl (C=O) groups is 1. The molecule has 0 saturated carbocycles. The van der Waals surface area contributed by atoms with Crippen LogP contribution in [0.25, 0.3) is 0 Å². The van der Waals surface area contributed by atoms with Crippen molar-refractivity contribution in [2.75, 3.05) is 25.1 Å². The maximum atomic E-state index is 14.1. The second-order valence-corrected chi connectivity index (χ2v) is 7.34. The summed E-state index contributed by atoms with van der Waals surface area (Å²) in [6.07, 6.45) is 0.258. The van der Waals surface area contributed by atoms with Crippen LogP contribution in [0.4, 0.5) is 10.1 Å². The first kappa shape index (κ1) is 19.5. The normalized spacial score (nSPS) is 20.0. The van der Waals surface area contributed by atoms with E-state index in [1.54, 1.807) is 24.1 Å². The summed E-state index contributed by atoms with van der Waals surface area (Å²) in [5, 5.41) is 24.3. The van der Waals surface area contributed by atoms with E-state index >= 15 is 0 Å².